The van der Waals surface area contributed by atoms with E-state index in [2.05, 4.69) is 5.32 Å². The standard InChI is InChI=1S/C9H17F2N/c1-8(2,3)7-6-12-5-4-9(7,10)11/h7,12H,4-6H2,1-3H3. The minimum Gasteiger partial charge on any atom is -0.316 e. The van der Waals surface area contributed by atoms with Crippen molar-refractivity contribution in [3.05, 3.63) is 0 Å². The van der Waals surface area contributed by atoms with Gasteiger partial charge in [-0.25, -0.2) is 8.78 Å². The third-order valence-corrected chi connectivity index (χ3v) is 2.54. The molecule has 0 aromatic rings. The van der Waals surface area contributed by atoms with Crippen molar-refractivity contribution in [3.8, 4) is 0 Å². The number of halogens is 2. The fraction of sp³-hybridized carbons (Fsp3) is 1.00. The average molecular weight is 177 g/mol. The van der Waals surface area contributed by atoms with Crippen molar-refractivity contribution in [1.82, 2.24) is 5.32 Å². The number of alkyl halides is 2. The quantitative estimate of drug-likeness (QED) is 0.598. The maximum atomic E-state index is 13.3. The lowest BCUT2D eigenvalue weighted by Gasteiger charge is -2.40. The van der Waals surface area contributed by atoms with Gasteiger partial charge in [-0.15, -0.1) is 0 Å². The molecule has 1 aliphatic heterocycles. The lowest BCUT2D eigenvalue weighted by Crippen LogP contribution is -2.50. The molecular weight excluding hydrogens is 160 g/mol. The Hall–Kier alpha value is -0.180. The molecule has 1 saturated heterocycles. The van der Waals surface area contributed by atoms with Crippen molar-refractivity contribution in [2.24, 2.45) is 11.3 Å². The van der Waals surface area contributed by atoms with Gasteiger partial charge in [0.25, 0.3) is 5.92 Å². The Morgan fingerprint density at radius 1 is 1.33 bits per heavy atom. The van der Waals surface area contributed by atoms with Crippen LogP contribution in [0.2, 0.25) is 0 Å². The van der Waals surface area contributed by atoms with Crippen LogP contribution in [-0.2, 0) is 0 Å². The average Bonchev–Trinajstić information content (AvgIpc) is 1.83. The lowest BCUT2D eigenvalue weighted by atomic mass is 9.74. The van der Waals surface area contributed by atoms with Crippen LogP contribution in [0.5, 0.6) is 0 Å². The molecule has 1 nitrogen and oxygen atoms in total. The molecule has 0 aromatic carbocycles. The van der Waals surface area contributed by atoms with E-state index in [9.17, 15) is 8.78 Å². The van der Waals surface area contributed by atoms with Gasteiger partial charge in [0, 0.05) is 25.4 Å². The Labute approximate surface area is 72.5 Å². The summed E-state index contributed by atoms with van der Waals surface area (Å²) in [6.45, 7) is 6.51. The highest BCUT2D eigenvalue weighted by Crippen LogP contribution is 2.41. The van der Waals surface area contributed by atoms with Crippen LogP contribution in [-0.4, -0.2) is 19.0 Å². The molecule has 0 aromatic heterocycles. The number of piperidine rings is 1. The maximum Gasteiger partial charge on any atom is 0.253 e. The van der Waals surface area contributed by atoms with Crippen molar-refractivity contribution in [3.63, 3.8) is 0 Å². The highest BCUT2D eigenvalue weighted by molar-refractivity contribution is 4.91. The van der Waals surface area contributed by atoms with Crippen molar-refractivity contribution in [1.29, 1.82) is 0 Å². The van der Waals surface area contributed by atoms with Crippen LogP contribution in [0.1, 0.15) is 27.2 Å². The summed E-state index contributed by atoms with van der Waals surface area (Å²) >= 11 is 0. The summed E-state index contributed by atoms with van der Waals surface area (Å²) < 4.78 is 26.6. The SMILES string of the molecule is CC(C)(C)C1CNCCC1(F)F. The van der Waals surface area contributed by atoms with E-state index < -0.39 is 11.8 Å². The van der Waals surface area contributed by atoms with E-state index in [1.807, 2.05) is 20.8 Å². The Kier molecular flexibility index (Phi) is 2.43. The zero-order valence-electron chi connectivity index (χ0n) is 7.95. The van der Waals surface area contributed by atoms with E-state index in [1.54, 1.807) is 0 Å². The largest absolute Gasteiger partial charge is 0.316 e. The second-order valence-electron chi connectivity index (χ2n) is 4.63. The normalized spacial score (nSPS) is 30.2. The Morgan fingerprint density at radius 3 is 2.25 bits per heavy atom. The van der Waals surface area contributed by atoms with Gasteiger partial charge in [0.15, 0.2) is 0 Å². The maximum absolute atomic E-state index is 13.3. The molecule has 72 valence electrons. The van der Waals surface area contributed by atoms with Crippen LogP contribution in [0, 0.1) is 11.3 Å². The van der Waals surface area contributed by atoms with E-state index in [-0.39, 0.29) is 11.8 Å². The molecule has 1 fully saturated rings. The Morgan fingerprint density at radius 2 is 1.92 bits per heavy atom. The van der Waals surface area contributed by atoms with Gasteiger partial charge in [0.05, 0.1) is 0 Å². The van der Waals surface area contributed by atoms with Gasteiger partial charge in [0.1, 0.15) is 0 Å². The number of hydrogen-bond acceptors (Lipinski definition) is 1. The van der Waals surface area contributed by atoms with Crippen LogP contribution in [0.15, 0.2) is 0 Å². The smallest absolute Gasteiger partial charge is 0.253 e. The van der Waals surface area contributed by atoms with E-state index >= 15 is 0 Å². The summed E-state index contributed by atoms with van der Waals surface area (Å²) in [5.74, 6) is -3.01. The molecule has 0 amide bonds. The summed E-state index contributed by atoms with van der Waals surface area (Å²) in [5, 5.41) is 3.02. The van der Waals surface area contributed by atoms with Crippen molar-refractivity contribution in [2.45, 2.75) is 33.1 Å². The van der Waals surface area contributed by atoms with Gasteiger partial charge >= 0.3 is 0 Å². The minimum atomic E-state index is -2.48. The van der Waals surface area contributed by atoms with Gasteiger partial charge in [-0.05, 0) is 5.41 Å². The molecule has 0 bridgehead atoms. The van der Waals surface area contributed by atoms with Gasteiger partial charge in [-0.1, -0.05) is 20.8 Å². The molecule has 1 aliphatic rings. The minimum absolute atomic E-state index is 0.0189. The topological polar surface area (TPSA) is 12.0 Å². The van der Waals surface area contributed by atoms with Crippen LogP contribution in [0.3, 0.4) is 0 Å². The molecule has 1 heterocycles. The number of rotatable bonds is 0. The van der Waals surface area contributed by atoms with Crippen molar-refractivity contribution >= 4 is 0 Å². The highest BCUT2D eigenvalue weighted by atomic mass is 19.3. The molecule has 1 N–H and O–H groups in total. The van der Waals surface area contributed by atoms with Gasteiger partial charge in [-0.2, -0.15) is 0 Å². The predicted molar refractivity (Wildman–Crippen MR) is 45.4 cm³/mol. The Balaban J connectivity index is 2.73. The second-order valence-corrected chi connectivity index (χ2v) is 4.63. The molecule has 0 saturated carbocycles. The predicted octanol–water partition coefficient (Wildman–Crippen LogP) is 2.28. The second kappa shape index (κ2) is 2.95. The van der Waals surface area contributed by atoms with Crippen LogP contribution < -0.4 is 5.32 Å². The number of hydrogen-bond donors (Lipinski definition) is 1. The first-order valence-electron chi connectivity index (χ1n) is 4.42. The van der Waals surface area contributed by atoms with E-state index in [0.717, 1.165) is 0 Å². The summed E-state index contributed by atoms with van der Waals surface area (Å²) in [6, 6.07) is 0. The molecule has 0 radical (unpaired) electrons. The third kappa shape index (κ3) is 1.94. The Bertz CT molecular complexity index is 160. The number of nitrogens with one attached hydrogen (secondary N) is 1. The lowest BCUT2D eigenvalue weighted by molar-refractivity contribution is -0.115. The van der Waals surface area contributed by atoms with Gasteiger partial charge < -0.3 is 5.32 Å². The van der Waals surface area contributed by atoms with Crippen LogP contribution >= 0.6 is 0 Å². The molecule has 1 atom stereocenters. The van der Waals surface area contributed by atoms with Crippen molar-refractivity contribution < 1.29 is 8.78 Å². The van der Waals surface area contributed by atoms with Crippen molar-refractivity contribution in [2.75, 3.05) is 13.1 Å². The summed E-state index contributed by atoms with van der Waals surface area (Å²) in [5.41, 5.74) is -0.309. The highest BCUT2D eigenvalue weighted by Gasteiger charge is 2.47. The van der Waals surface area contributed by atoms with Crippen LogP contribution in [0.4, 0.5) is 8.78 Å². The zero-order valence-corrected chi connectivity index (χ0v) is 7.95. The fourth-order valence-corrected chi connectivity index (χ4v) is 1.76. The molecule has 0 aliphatic carbocycles. The van der Waals surface area contributed by atoms with E-state index in [1.165, 1.54) is 0 Å². The monoisotopic (exact) mass is 177 g/mol. The molecule has 0 spiro atoms. The van der Waals surface area contributed by atoms with E-state index in [4.69, 9.17) is 0 Å². The summed E-state index contributed by atoms with van der Waals surface area (Å²) in [7, 11) is 0. The fourth-order valence-electron chi connectivity index (χ4n) is 1.76. The van der Waals surface area contributed by atoms with Crippen LogP contribution in [0.25, 0.3) is 0 Å². The summed E-state index contributed by atoms with van der Waals surface area (Å²) in [4.78, 5) is 0. The first-order chi connectivity index (χ1) is 5.34. The first kappa shape index (κ1) is 9.90. The van der Waals surface area contributed by atoms with Gasteiger partial charge in [-0.3, -0.25) is 0 Å². The molecule has 1 rings (SSSR count). The molecule has 3 heteroatoms. The molecular formula is C9H17F2N. The first-order valence-corrected chi connectivity index (χ1v) is 4.42. The zero-order chi connectivity index (χ0) is 9.41. The third-order valence-electron chi connectivity index (χ3n) is 2.54. The van der Waals surface area contributed by atoms with E-state index in [0.29, 0.717) is 13.1 Å². The molecule has 12 heavy (non-hydrogen) atoms. The van der Waals surface area contributed by atoms with Gasteiger partial charge in [0.2, 0.25) is 0 Å². The summed E-state index contributed by atoms with van der Waals surface area (Å²) in [6.07, 6.45) is -0.0189. The molecule has 1 unspecified atom stereocenters.